The highest BCUT2D eigenvalue weighted by Crippen LogP contribution is 2.23. The summed E-state index contributed by atoms with van der Waals surface area (Å²) in [7, 11) is 0. The molecule has 106 valence electrons. The fraction of sp³-hybridized carbons (Fsp3) is 0.500. The number of fused-ring (bicyclic) bond motifs is 3. The van der Waals surface area contributed by atoms with E-state index in [9.17, 15) is 4.79 Å². The maximum atomic E-state index is 12.5. The summed E-state index contributed by atoms with van der Waals surface area (Å²) >= 11 is 0. The summed E-state index contributed by atoms with van der Waals surface area (Å²) in [6.07, 6.45) is 4.74. The molecule has 1 amide bonds. The second kappa shape index (κ2) is 5.27. The maximum Gasteiger partial charge on any atom is 0.226 e. The number of carbonyl (C=O) groups excluding carboxylic acids is 1. The second-order valence-corrected chi connectivity index (χ2v) is 5.46. The standard InChI is InChI=1S/C16H21N3O/c1-3-12(4-2)16(20)18-10-8-13-14(11-18)19-9-6-5-7-15(19)17-13/h5-7,9,12H,3-4,8,10-11H2,1-2H3. The van der Waals surface area contributed by atoms with E-state index in [2.05, 4.69) is 23.2 Å². The van der Waals surface area contributed by atoms with Gasteiger partial charge in [0.05, 0.1) is 17.9 Å². The first-order valence-electron chi connectivity index (χ1n) is 7.48. The van der Waals surface area contributed by atoms with E-state index in [0.717, 1.165) is 37.1 Å². The van der Waals surface area contributed by atoms with Crippen LogP contribution in [-0.2, 0) is 17.8 Å². The molecular formula is C16H21N3O. The molecular weight excluding hydrogens is 250 g/mol. The third kappa shape index (κ3) is 2.09. The van der Waals surface area contributed by atoms with Crippen molar-refractivity contribution in [3.8, 4) is 0 Å². The van der Waals surface area contributed by atoms with E-state index < -0.39 is 0 Å². The summed E-state index contributed by atoms with van der Waals surface area (Å²) in [4.78, 5) is 19.2. The van der Waals surface area contributed by atoms with Crippen LogP contribution in [0.15, 0.2) is 24.4 Å². The van der Waals surface area contributed by atoms with Crippen LogP contribution < -0.4 is 0 Å². The lowest BCUT2D eigenvalue weighted by molar-refractivity contribution is -0.136. The van der Waals surface area contributed by atoms with Crippen molar-refractivity contribution in [2.45, 2.75) is 39.7 Å². The van der Waals surface area contributed by atoms with Crippen LogP contribution in [0.2, 0.25) is 0 Å². The van der Waals surface area contributed by atoms with Crippen LogP contribution in [-0.4, -0.2) is 26.7 Å². The van der Waals surface area contributed by atoms with Crippen molar-refractivity contribution in [3.63, 3.8) is 0 Å². The molecule has 4 nitrogen and oxygen atoms in total. The molecule has 0 saturated heterocycles. The van der Waals surface area contributed by atoms with E-state index in [0.29, 0.717) is 12.5 Å². The van der Waals surface area contributed by atoms with E-state index in [-0.39, 0.29) is 5.92 Å². The molecule has 2 aromatic rings. The van der Waals surface area contributed by atoms with Gasteiger partial charge in [-0.15, -0.1) is 0 Å². The quantitative estimate of drug-likeness (QED) is 0.860. The van der Waals surface area contributed by atoms with Crippen LogP contribution in [0.4, 0.5) is 0 Å². The molecule has 0 bridgehead atoms. The van der Waals surface area contributed by atoms with Crippen molar-refractivity contribution in [1.82, 2.24) is 14.3 Å². The van der Waals surface area contributed by atoms with Crippen molar-refractivity contribution in [3.05, 3.63) is 35.8 Å². The number of nitrogens with zero attached hydrogens (tertiary/aromatic N) is 3. The smallest absolute Gasteiger partial charge is 0.226 e. The minimum atomic E-state index is 0.163. The summed E-state index contributed by atoms with van der Waals surface area (Å²) in [5.74, 6) is 0.460. The van der Waals surface area contributed by atoms with E-state index in [4.69, 9.17) is 0 Å². The predicted octanol–water partition coefficient (Wildman–Crippen LogP) is 2.66. The Labute approximate surface area is 119 Å². The van der Waals surface area contributed by atoms with Gasteiger partial charge in [0.2, 0.25) is 5.91 Å². The van der Waals surface area contributed by atoms with Gasteiger partial charge >= 0.3 is 0 Å². The van der Waals surface area contributed by atoms with Crippen molar-refractivity contribution < 1.29 is 4.79 Å². The molecule has 0 atom stereocenters. The Morgan fingerprint density at radius 2 is 2.15 bits per heavy atom. The average Bonchev–Trinajstić information content (AvgIpc) is 2.86. The van der Waals surface area contributed by atoms with Gasteiger partial charge < -0.3 is 9.30 Å². The molecule has 2 aromatic heterocycles. The van der Waals surface area contributed by atoms with Gasteiger partial charge in [-0.05, 0) is 25.0 Å². The molecule has 0 unspecified atom stereocenters. The maximum absolute atomic E-state index is 12.5. The highest BCUT2D eigenvalue weighted by Gasteiger charge is 2.27. The van der Waals surface area contributed by atoms with E-state index in [1.165, 1.54) is 5.69 Å². The second-order valence-electron chi connectivity index (χ2n) is 5.46. The summed E-state index contributed by atoms with van der Waals surface area (Å²) in [6.45, 7) is 5.67. The molecule has 3 rings (SSSR count). The molecule has 0 N–H and O–H groups in total. The van der Waals surface area contributed by atoms with Gasteiger partial charge in [0.25, 0.3) is 0 Å². The van der Waals surface area contributed by atoms with Crippen molar-refractivity contribution in [1.29, 1.82) is 0 Å². The molecule has 4 heteroatoms. The molecule has 20 heavy (non-hydrogen) atoms. The summed E-state index contributed by atoms with van der Waals surface area (Å²) in [6, 6.07) is 6.03. The molecule has 3 heterocycles. The minimum absolute atomic E-state index is 0.163. The predicted molar refractivity (Wildman–Crippen MR) is 78.4 cm³/mol. The van der Waals surface area contributed by atoms with Crippen LogP contribution in [0, 0.1) is 5.92 Å². The SMILES string of the molecule is CCC(CC)C(=O)N1CCc2nc3ccccn3c2C1. The van der Waals surface area contributed by atoms with Crippen LogP contribution in [0.3, 0.4) is 0 Å². The number of hydrogen-bond donors (Lipinski definition) is 0. The fourth-order valence-electron chi connectivity index (χ4n) is 3.05. The van der Waals surface area contributed by atoms with Gasteiger partial charge in [-0.25, -0.2) is 4.98 Å². The molecule has 0 saturated carbocycles. The number of hydrogen-bond acceptors (Lipinski definition) is 2. The zero-order valence-electron chi connectivity index (χ0n) is 12.2. The van der Waals surface area contributed by atoms with Crippen LogP contribution in [0.1, 0.15) is 38.1 Å². The Morgan fingerprint density at radius 1 is 1.35 bits per heavy atom. The van der Waals surface area contributed by atoms with Gasteiger partial charge in [-0.2, -0.15) is 0 Å². The fourth-order valence-corrected chi connectivity index (χ4v) is 3.05. The number of aromatic nitrogens is 2. The Morgan fingerprint density at radius 3 is 2.90 bits per heavy atom. The molecule has 1 aliphatic rings. The third-order valence-electron chi connectivity index (χ3n) is 4.32. The summed E-state index contributed by atoms with van der Waals surface area (Å²) in [5.41, 5.74) is 3.30. The van der Waals surface area contributed by atoms with Crippen molar-refractivity contribution in [2.75, 3.05) is 6.54 Å². The number of rotatable bonds is 3. The summed E-state index contributed by atoms with van der Waals surface area (Å²) in [5, 5.41) is 0. The first-order valence-corrected chi connectivity index (χ1v) is 7.48. The Balaban J connectivity index is 1.89. The van der Waals surface area contributed by atoms with Gasteiger partial charge in [0.15, 0.2) is 0 Å². The Bertz CT molecular complexity index is 628. The van der Waals surface area contributed by atoms with Gasteiger partial charge in [-0.1, -0.05) is 19.9 Å². The molecule has 0 fully saturated rings. The van der Waals surface area contributed by atoms with E-state index >= 15 is 0 Å². The lowest BCUT2D eigenvalue weighted by Crippen LogP contribution is -2.39. The van der Waals surface area contributed by atoms with E-state index in [1.54, 1.807) is 0 Å². The first kappa shape index (κ1) is 13.2. The van der Waals surface area contributed by atoms with Crippen LogP contribution >= 0.6 is 0 Å². The van der Waals surface area contributed by atoms with Crippen LogP contribution in [0.5, 0.6) is 0 Å². The largest absolute Gasteiger partial charge is 0.336 e. The Kier molecular flexibility index (Phi) is 3.47. The zero-order valence-corrected chi connectivity index (χ0v) is 12.2. The molecule has 0 aliphatic carbocycles. The van der Waals surface area contributed by atoms with Gasteiger partial charge in [0.1, 0.15) is 5.65 Å². The molecule has 0 aromatic carbocycles. The van der Waals surface area contributed by atoms with Crippen molar-refractivity contribution in [2.24, 2.45) is 5.92 Å². The summed E-state index contributed by atoms with van der Waals surface area (Å²) < 4.78 is 2.11. The highest BCUT2D eigenvalue weighted by atomic mass is 16.2. The lowest BCUT2D eigenvalue weighted by atomic mass is 10.0. The highest BCUT2D eigenvalue weighted by molar-refractivity contribution is 5.79. The van der Waals surface area contributed by atoms with Gasteiger partial charge in [-0.3, -0.25) is 4.79 Å². The van der Waals surface area contributed by atoms with Crippen molar-refractivity contribution >= 4 is 11.6 Å². The van der Waals surface area contributed by atoms with Crippen LogP contribution in [0.25, 0.3) is 5.65 Å². The number of imidazole rings is 1. The first-order chi connectivity index (χ1) is 9.74. The normalized spacial score (nSPS) is 14.8. The van der Waals surface area contributed by atoms with E-state index in [1.807, 2.05) is 29.3 Å². The molecule has 0 radical (unpaired) electrons. The lowest BCUT2D eigenvalue weighted by Gasteiger charge is -2.29. The van der Waals surface area contributed by atoms with Gasteiger partial charge in [0, 0.05) is 25.1 Å². The number of carbonyl (C=O) groups is 1. The number of pyridine rings is 1. The molecule has 0 spiro atoms. The number of amides is 1. The Hall–Kier alpha value is -1.84. The third-order valence-corrected chi connectivity index (χ3v) is 4.32. The topological polar surface area (TPSA) is 37.6 Å². The molecule has 1 aliphatic heterocycles. The monoisotopic (exact) mass is 271 g/mol. The average molecular weight is 271 g/mol. The minimum Gasteiger partial charge on any atom is -0.336 e. The zero-order chi connectivity index (χ0) is 14.1.